The van der Waals surface area contributed by atoms with Crippen molar-refractivity contribution in [3.05, 3.63) is 75.8 Å². The van der Waals surface area contributed by atoms with E-state index in [1.165, 1.54) is 24.3 Å². The monoisotopic (exact) mass is 339 g/mol. The normalized spacial score (nSPS) is 29.7. The number of ether oxygens (including phenoxy) is 2. The second-order valence-corrected chi connectivity index (χ2v) is 6.67. The van der Waals surface area contributed by atoms with Crippen LogP contribution in [0.3, 0.4) is 0 Å². The Balaban J connectivity index is 1.56. The van der Waals surface area contributed by atoms with Crippen molar-refractivity contribution in [2.24, 2.45) is 0 Å². The molecule has 128 valence electrons. The standard InChI is InChI=1S/C19H17NO5/c1-18-12-11-16(19(18,25-18)14-5-3-2-4-6-14)24-17(21)13-7-9-15(10-8-13)20(22)23/h2-10,16H,11-12H2,1H3/t16-,18-,19+/m0/s1. The molecule has 6 heteroatoms. The van der Waals surface area contributed by atoms with Gasteiger partial charge in [-0.05, 0) is 37.5 Å². The molecule has 0 N–H and O–H groups in total. The van der Waals surface area contributed by atoms with Crippen LogP contribution >= 0.6 is 0 Å². The average Bonchev–Trinajstić information content (AvgIpc) is 3.17. The van der Waals surface area contributed by atoms with Crippen LogP contribution in [-0.2, 0) is 15.1 Å². The Morgan fingerprint density at radius 3 is 2.48 bits per heavy atom. The minimum atomic E-state index is -0.593. The van der Waals surface area contributed by atoms with Gasteiger partial charge >= 0.3 is 5.97 Å². The minimum Gasteiger partial charge on any atom is -0.455 e. The van der Waals surface area contributed by atoms with E-state index in [4.69, 9.17) is 9.47 Å². The first-order valence-corrected chi connectivity index (χ1v) is 8.17. The fraction of sp³-hybridized carbons (Fsp3) is 0.316. The molecule has 1 heterocycles. The van der Waals surface area contributed by atoms with Crippen LogP contribution < -0.4 is 0 Å². The molecule has 2 aliphatic rings. The zero-order chi connectivity index (χ0) is 17.7. The zero-order valence-electron chi connectivity index (χ0n) is 13.7. The number of esters is 1. The first-order chi connectivity index (χ1) is 12.0. The summed E-state index contributed by atoms with van der Waals surface area (Å²) in [7, 11) is 0. The summed E-state index contributed by atoms with van der Waals surface area (Å²) in [5.74, 6) is -0.491. The molecule has 2 aromatic carbocycles. The van der Waals surface area contributed by atoms with Gasteiger partial charge in [-0.1, -0.05) is 30.3 Å². The Morgan fingerprint density at radius 1 is 1.20 bits per heavy atom. The van der Waals surface area contributed by atoms with Crippen LogP contribution in [0.5, 0.6) is 0 Å². The van der Waals surface area contributed by atoms with Crippen LogP contribution in [0.25, 0.3) is 0 Å². The summed E-state index contributed by atoms with van der Waals surface area (Å²) in [6, 6.07) is 15.2. The van der Waals surface area contributed by atoms with Crippen molar-refractivity contribution < 1.29 is 19.2 Å². The smallest absolute Gasteiger partial charge is 0.338 e. The van der Waals surface area contributed by atoms with Gasteiger partial charge in [0.25, 0.3) is 5.69 Å². The number of nitro benzene ring substituents is 1. The summed E-state index contributed by atoms with van der Waals surface area (Å²) >= 11 is 0. The molecule has 0 amide bonds. The number of benzene rings is 2. The Labute approximate surface area is 144 Å². The van der Waals surface area contributed by atoms with Crippen LogP contribution in [0.4, 0.5) is 5.69 Å². The molecule has 1 aliphatic carbocycles. The lowest BCUT2D eigenvalue weighted by Gasteiger charge is -2.21. The molecule has 2 aromatic rings. The molecule has 1 saturated carbocycles. The van der Waals surface area contributed by atoms with Crippen LogP contribution in [0.15, 0.2) is 54.6 Å². The van der Waals surface area contributed by atoms with Crippen molar-refractivity contribution in [2.45, 2.75) is 37.1 Å². The summed E-state index contributed by atoms with van der Waals surface area (Å²) < 4.78 is 11.8. The van der Waals surface area contributed by atoms with Gasteiger partial charge in [0, 0.05) is 12.1 Å². The van der Waals surface area contributed by atoms with Crippen LogP contribution in [0.1, 0.15) is 35.7 Å². The third-order valence-electron chi connectivity index (χ3n) is 5.23. The Bertz CT molecular complexity index is 835. The van der Waals surface area contributed by atoms with Crippen molar-refractivity contribution in [2.75, 3.05) is 0 Å². The molecule has 0 bridgehead atoms. The lowest BCUT2D eigenvalue weighted by Crippen LogP contribution is -2.31. The Kier molecular flexibility index (Phi) is 3.40. The highest BCUT2D eigenvalue weighted by Gasteiger charge is 2.76. The predicted octanol–water partition coefficient (Wildman–Crippen LogP) is 3.60. The predicted molar refractivity (Wildman–Crippen MR) is 89.1 cm³/mol. The third-order valence-corrected chi connectivity index (χ3v) is 5.23. The molecule has 2 fully saturated rings. The van der Waals surface area contributed by atoms with E-state index in [9.17, 15) is 14.9 Å². The fourth-order valence-corrected chi connectivity index (χ4v) is 3.88. The second kappa shape index (κ2) is 5.39. The first kappa shape index (κ1) is 15.8. The SMILES string of the molecule is C[C@]12CC[C@H](OC(=O)c3ccc([N+](=O)[O-])cc3)[C@@]1(c1ccccc1)O2. The van der Waals surface area contributed by atoms with E-state index in [0.29, 0.717) is 5.56 Å². The van der Waals surface area contributed by atoms with E-state index in [0.717, 1.165) is 18.4 Å². The van der Waals surface area contributed by atoms with E-state index in [2.05, 4.69) is 0 Å². The average molecular weight is 339 g/mol. The number of fused-ring (bicyclic) bond motifs is 1. The maximum atomic E-state index is 12.5. The quantitative estimate of drug-likeness (QED) is 0.368. The molecule has 0 radical (unpaired) electrons. The maximum absolute atomic E-state index is 12.5. The van der Waals surface area contributed by atoms with Gasteiger partial charge in [0.2, 0.25) is 0 Å². The highest BCUT2D eigenvalue weighted by Crippen LogP contribution is 2.66. The lowest BCUT2D eigenvalue weighted by atomic mass is 9.88. The molecule has 3 atom stereocenters. The number of carbonyl (C=O) groups is 1. The molecule has 4 rings (SSSR count). The van der Waals surface area contributed by atoms with Crippen molar-refractivity contribution in [3.8, 4) is 0 Å². The largest absolute Gasteiger partial charge is 0.455 e. The summed E-state index contributed by atoms with van der Waals surface area (Å²) in [6.07, 6.45) is 1.17. The van der Waals surface area contributed by atoms with Gasteiger partial charge < -0.3 is 9.47 Å². The van der Waals surface area contributed by atoms with Crippen molar-refractivity contribution >= 4 is 11.7 Å². The summed E-state index contributed by atoms with van der Waals surface area (Å²) in [6.45, 7) is 2.04. The number of hydrogen-bond donors (Lipinski definition) is 0. The second-order valence-electron chi connectivity index (χ2n) is 6.67. The molecule has 0 spiro atoms. The zero-order valence-corrected chi connectivity index (χ0v) is 13.7. The topological polar surface area (TPSA) is 82.0 Å². The lowest BCUT2D eigenvalue weighted by molar-refractivity contribution is -0.384. The van der Waals surface area contributed by atoms with Crippen molar-refractivity contribution in [1.82, 2.24) is 0 Å². The number of epoxide rings is 1. The number of nitrogens with zero attached hydrogens (tertiary/aromatic N) is 1. The van der Waals surface area contributed by atoms with Gasteiger partial charge in [-0.2, -0.15) is 0 Å². The number of hydrogen-bond acceptors (Lipinski definition) is 5. The van der Waals surface area contributed by atoms with E-state index in [-0.39, 0.29) is 17.4 Å². The molecule has 0 aromatic heterocycles. The maximum Gasteiger partial charge on any atom is 0.338 e. The number of nitro groups is 1. The van der Waals surface area contributed by atoms with E-state index in [1.54, 1.807) is 0 Å². The summed E-state index contributed by atoms with van der Waals surface area (Å²) in [5, 5.41) is 10.7. The third kappa shape index (κ3) is 2.33. The highest BCUT2D eigenvalue weighted by atomic mass is 16.7. The number of rotatable bonds is 4. The van der Waals surface area contributed by atoms with Gasteiger partial charge in [-0.15, -0.1) is 0 Å². The van der Waals surface area contributed by atoms with E-state index in [1.807, 2.05) is 37.3 Å². The van der Waals surface area contributed by atoms with Crippen LogP contribution in [0.2, 0.25) is 0 Å². The van der Waals surface area contributed by atoms with Crippen LogP contribution in [-0.4, -0.2) is 22.6 Å². The molecule has 6 nitrogen and oxygen atoms in total. The molecular formula is C19H17NO5. The first-order valence-electron chi connectivity index (χ1n) is 8.17. The number of carbonyl (C=O) groups excluding carboxylic acids is 1. The van der Waals surface area contributed by atoms with Gasteiger partial charge in [0.1, 0.15) is 11.7 Å². The number of non-ortho nitro benzene ring substituents is 1. The van der Waals surface area contributed by atoms with Crippen molar-refractivity contribution in [3.63, 3.8) is 0 Å². The molecular weight excluding hydrogens is 322 g/mol. The fourth-order valence-electron chi connectivity index (χ4n) is 3.88. The highest BCUT2D eigenvalue weighted by molar-refractivity contribution is 5.89. The van der Waals surface area contributed by atoms with E-state index < -0.39 is 16.5 Å². The Morgan fingerprint density at radius 2 is 1.88 bits per heavy atom. The molecule has 0 unspecified atom stereocenters. The minimum absolute atomic E-state index is 0.0590. The summed E-state index contributed by atoms with van der Waals surface area (Å²) in [5.41, 5.74) is 0.343. The van der Waals surface area contributed by atoms with Gasteiger partial charge in [-0.25, -0.2) is 4.79 Å². The van der Waals surface area contributed by atoms with E-state index >= 15 is 0 Å². The van der Waals surface area contributed by atoms with Crippen molar-refractivity contribution in [1.29, 1.82) is 0 Å². The van der Waals surface area contributed by atoms with Gasteiger partial charge in [0.15, 0.2) is 5.60 Å². The molecule has 1 aliphatic heterocycles. The van der Waals surface area contributed by atoms with Gasteiger partial charge in [-0.3, -0.25) is 10.1 Å². The summed E-state index contributed by atoms with van der Waals surface area (Å²) in [4.78, 5) is 22.7. The molecule has 25 heavy (non-hydrogen) atoms. The Hall–Kier alpha value is -2.73. The molecule has 1 saturated heterocycles. The van der Waals surface area contributed by atoms with Gasteiger partial charge in [0.05, 0.1) is 10.5 Å². The van der Waals surface area contributed by atoms with Crippen LogP contribution in [0, 0.1) is 10.1 Å².